The minimum Gasteiger partial charge on any atom is -0.413 e. The molecule has 0 aromatic heterocycles. The topological polar surface area (TPSA) is 49.7 Å². The summed E-state index contributed by atoms with van der Waals surface area (Å²) in [6, 6.07) is 0. The molecule has 0 radical (unpaired) electrons. The van der Waals surface area contributed by atoms with Crippen LogP contribution in [0.1, 0.15) is 40.5 Å². The smallest absolute Gasteiger partial charge is 0.192 e. The lowest BCUT2D eigenvalue weighted by molar-refractivity contribution is 0.0730. The van der Waals surface area contributed by atoms with Gasteiger partial charge in [0.25, 0.3) is 0 Å². The maximum absolute atomic E-state index is 9.67. The third kappa shape index (κ3) is 3.69. The molecule has 0 saturated heterocycles. The average molecular weight is 286 g/mol. The van der Waals surface area contributed by atoms with E-state index in [0.29, 0.717) is 0 Å². The Kier molecular flexibility index (Phi) is 5.41. The Morgan fingerprint density at radius 2 is 1.84 bits per heavy atom. The summed E-state index contributed by atoms with van der Waals surface area (Å²) in [7, 11) is -1.83. The Morgan fingerprint density at radius 1 is 1.26 bits per heavy atom. The van der Waals surface area contributed by atoms with E-state index in [1.165, 1.54) is 5.57 Å². The molecule has 2 N–H and O–H groups in total. The predicted molar refractivity (Wildman–Crippen MR) is 81.7 cm³/mol. The summed E-state index contributed by atoms with van der Waals surface area (Å²) >= 11 is 0. The van der Waals surface area contributed by atoms with Gasteiger partial charge >= 0.3 is 0 Å². The van der Waals surface area contributed by atoms with Crippen molar-refractivity contribution in [1.29, 1.82) is 0 Å². The van der Waals surface area contributed by atoms with Crippen LogP contribution in [0.15, 0.2) is 11.1 Å². The van der Waals surface area contributed by atoms with Gasteiger partial charge in [-0.2, -0.15) is 0 Å². The first-order chi connectivity index (χ1) is 8.64. The molecule has 112 valence electrons. The van der Waals surface area contributed by atoms with Crippen molar-refractivity contribution in [3.05, 3.63) is 11.1 Å². The molecular formula is C15H30O3Si. The summed E-state index contributed by atoms with van der Waals surface area (Å²) in [5, 5.41) is 19.4. The zero-order chi connectivity index (χ0) is 14.8. The number of aliphatic hydroxyl groups excluding tert-OH is 2. The van der Waals surface area contributed by atoms with E-state index in [-0.39, 0.29) is 30.3 Å². The van der Waals surface area contributed by atoms with Crippen molar-refractivity contribution in [3.8, 4) is 0 Å². The predicted octanol–water partition coefficient (Wildman–Crippen LogP) is 3.09. The van der Waals surface area contributed by atoms with Crippen LogP contribution in [-0.2, 0) is 4.43 Å². The third-order valence-electron chi connectivity index (χ3n) is 4.87. The van der Waals surface area contributed by atoms with Gasteiger partial charge in [0.1, 0.15) is 0 Å². The Morgan fingerprint density at radius 3 is 2.26 bits per heavy atom. The molecule has 0 fully saturated rings. The molecule has 0 amide bonds. The summed E-state index contributed by atoms with van der Waals surface area (Å²) < 4.78 is 6.46. The summed E-state index contributed by atoms with van der Waals surface area (Å²) in [5.74, 6) is -0.0344. The van der Waals surface area contributed by atoms with Gasteiger partial charge in [-0.05, 0) is 43.5 Å². The van der Waals surface area contributed by atoms with E-state index in [9.17, 15) is 10.2 Å². The van der Waals surface area contributed by atoms with Crippen LogP contribution in [0.2, 0.25) is 18.1 Å². The molecule has 0 spiro atoms. The van der Waals surface area contributed by atoms with Crippen LogP contribution in [0, 0.1) is 5.92 Å². The largest absolute Gasteiger partial charge is 0.413 e. The van der Waals surface area contributed by atoms with Gasteiger partial charge in [0.05, 0.1) is 19.3 Å². The molecule has 1 aliphatic carbocycles. The second-order valence-electron chi connectivity index (χ2n) is 7.21. The fraction of sp³-hybridized carbons (Fsp3) is 0.867. The Balaban J connectivity index is 2.91. The molecule has 0 bridgehead atoms. The highest BCUT2D eigenvalue weighted by Crippen LogP contribution is 2.41. The average Bonchev–Trinajstić information content (AvgIpc) is 2.29. The first kappa shape index (κ1) is 16.9. The minimum atomic E-state index is -1.83. The van der Waals surface area contributed by atoms with Crippen molar-refractivity contribution < 1.29 is 14.6 Å². The molecular weight excluding hydrogens is 256 g/mol. The van der Waals surface area contributed by atoms with Gasteiger partial charge in [0, 0.05) is 5.92 Å². The first-order valence-electron chi connectivity index (χ1n) is 7.22. The van der Waals surface area contributed by atoms with Crippen molar-refractivity contribution in [1.82, 2.24) is 0 Å². The Labute approximate surface area is 118 Å². The maximum atomic E-state index is 9.67. The summed E-state index contributed by atoms with van der Waals surface area (Å²) in [4.78, 5) is 0. The highest BCUT2D eigenvalue weighted by Gasteiger charge is 2.42. The van der Waals surface area contributed by atoms with Crippen LogP contribution in [-0.4, -0.2) is 37.8 Å². The fourth-order valence-electron chi connectivity index (χ4n) is 2.44. The SMILES string of the molecule is CC1=C(CO)[C@H](CO)[C@@H](O[Si](C)(C)C(C)(C)C)CC1. The van der Waals surface area contributed by atoms with Crippen LogP contribution < -0.4 is 0 Å². The number of hydrogen-bond donors (Lipinski definition) is 2. The Hall–Kier alpha value is -0.163. The van der Waals surface area contributed by atoms with E-state index in [1.54, 1.807) is 0 Å². The molecule has 4 heteroatoms. The van der Waals surface area contributed by atoms with E-state index in [2.05, 4.69) is 40.8 Å². The monoisotopic (exact) mass is 286 g/mol. The minimum absolute atomic E-state index is 0.0344. The standard InChI is InChI=1S/C15H30O3Si/c1-11-7-8-14(13(10-17)12(11)9-16)18-19(5,6)15(2,3)4/h13-14,16-17H,7-10H2,1-6H3/t13-,14-/m0/s1. The van der Waals surface area contributed by atoms with E-state index in [0.717, 1.165) is 18.4 Å². The second-order valence-corrected chi connectivity index (χ2v) is 12.0. The zero-order valence-corrected chi connectivity index (χ0v) is 14.3. The Bertz CT molecular complexity index is 342. The maximum Gasteiger partial charge on any atom is 0.192 e. The molecule has 3 nitrogen and oxygen atoms in total. The molecule has 0 unspecified atom stereocenters. The van der Waals surface area contributed by atoms with E-state index in [4.69, 9.17) is 4.43 Å². The molecule has 0 aromatic rings. The van der Waals surface area contributed by atoms with Crippen LogP contribution in [0.5, 0.6) is 0 Å². The van der Waals surface area contributed by atoms with Crippen molar-refractivity contribution >= 4 is 8.32 Å². The third-order valence-corrected chi connectivity index (χ3v) is 9.37. The van der Waals surface area contributed by atoms with Gasteiger partial charge in [-0.15, -0.1) is 0 Å². The van der Waals surface area contributed by atoms with E-state index >= 15 is 0 Å². The molecule has 19 heavy (non-hydrogen) atoms. The van der Waals surface area contributed by atoms with E-state index < -0.39 is 8.32 Å². The van der Waals surface area contributed by atoms with Gasteiger partial charge in [-0.1, -0.05) is 26.3 Å². The highest BCUT2D eigenvalue weighted by molar-refractivity contribution is 6.74. The van der Waals surface area contributed by atoms with Crippen LogP contribution in [0.25, 0.3) is 0 Å². The van der Waals surface area contributed by atoms with Crippen LogP contribution in [0.3, 0.4) is 0 Å². The normalized spacial score (nSPS) is 25.9. The van der Waals surface area contributed by atoms with Gasteiger partial charge in [-0.25, -0.2) is 0 Å². The lowest BCUT2D eigenvalue weighted by Gasteiger charge is -2.43. The first-order valence-corrected chi connectivity index (χ1v) is 10.1. The number of allylic oxidation sites excluding steroid dienone is 1. The van der Waals surface area contributed by atoms with Crippen molar-refractivity contribution in [3.63, 3.8) is 0 Å². The van der Waals surface area contributed by atoms with Gasteiger partial charge < -0.3 is 14.6 Å². The van der Waals surface area contributed by atoms with Crippen molar-refractivity contribution in [2.75, 3.05) is 13.2 Å². The molecule has 1 aliphatic rings. The number of aliphatic hydroxyl groups is 2. The molecule has 0 heterocycles. The molecule has 2 atom stereocenters. The lowest BCUT2D eigenvalue weighted by Crippen LogP contribution is -2.47. The zero-order valence-electron chi connectivity index (χ0n) is 13.3. The van der Waals surface area contributed by atoms with E-state index in [1.807, 2.05) is 0 Å². The van der Waals surface area contributed by atoms with Gasteiger partial charge in [0.15, 0.2) is 8.32 Å². The summed E-state index contributed by atoms with van der Waals surface area (Å²) in [5.41, 5.74) is 2.20. The summed E-state index contributed by atoms with van der Waals surface area (Å²) in [6.07, 6.45) is 1.97. The van der Waals surface area contributed by atoms with Crippen LogP contribution >= 0.6 is 0 Å². The molecule has 0 aromatic carbocycles. The van der Waals surface area contributed by atoms with Crippen LogP contribution in [0.4, 0.5) is 0 Å². The molecule has 0 aliphatic heterocycles. The highest BCUT2D eigenvalue weighted by atomic mass is 28.4. The fourth-order valence-corrected chi connectivity index (χ4v) is 3.83. The number of hydrogen-bond acceptors (Lipinski definition) is 3. The number of rotatable bonds is 4. The second kappa shape index (κ2) is 6.08. The lowest BCUT2D eigenvalue weighted by atomic mass is 9.82. The quantitative estimate of drug-likeness (QED) is 0.617. The molecule has 0 saturated carbocycles. The van der Waals surface area contributed by atoms with Crippen molar-refractivity contribution in [2.24, 2.45) is 5.92 Å². The van der Waals surface area contributed by atoms with Gasteiger partial charge in [-0.3, -0.25) is 0 Å². The summed E-state index contributed by atoms with van der Waals surface area (Å²) in [6.45, 7) is 13.3. The molecule has 1 rings (SSSR count). The van der Waals surface area contributed by atoms with Gasteiger partial charge in [0.2, 0.25) is 0 Å². The van der Waals surface area contributed by atoms with Crippen molar-refractivity contribution in [2.45, 2.75) is 64.8 Å².